The molecule has 0 bridgehead atoms. The van der Waals surface area contributed by atoms with E-state index in [2.05, 4.69) is 44.0 Å². The quantitative estimate of drug-likeness (QED) is 0.532. The molecular formula is C8H12Br2. The van der Waals surface area contributed by atoms with Crippen LogP contribution in [0, 0.1) is 11.8 Å². The maximum Gasteiger partial charge on any atom is 0.00656 e. The summed E-state index contributed by atoms with van der Waals surface area (Å²) in [7, 11) is 0. The molecule has 58 valence electrons. The van der Waals surface area contributed by atoms with Gasteiger partial charge in [-0.25, -0.2) is 0 Å². The fourth-order valence-corrected chi connectivity index (χ4v) is 2.89. The molecule has 0 N–H and O–H groups in total. The van der Waals surface area contributed by atoms with E-state index in [1.165, 1.54) is 12.8 Å². The molecule has 10 heavy (non-hydrogen) atoms. The van der Waals surface area contributed by atoms with Gasteiger partial charge in [0.15, 0.2) is 0 Å². The fourth-order valence-electron chi connectivity index (χ4n) is 1.30. The minimum Gasteiger partial charge on any atom is -0.0925 e. The smallest absolute Gasteiger partial charge is 0.00656 e. The van der Waals surface area contributed by atoms with Crippen molar-refractivity contribution in [3.63, 3.8) is 0 Å². The molecule has 1 aliphatic rings. The van der Waals surface area contributed by atoms with Gasteiger partial charge in [-0.3, -0.25) is 0 Å². The van der Waals surface area contributed by atoms with Gasteiger partial charge in [-0.2, -0.15) is 0 Å². The molecule has 2 atom stereocenters. The van der Waals surface area contributed by atoms with Crippen LogP contribution >= 0.6 is 31.9 Å². The monoisotopic (exact) mass is 266 g/mol. The molecule has 0 heterocycles. The second-order valence-electron chi connectivity index (χ2n) is 2.77. The van der Waals surface area contributed by atoms with Gasteiger partial charge in [0.1, 0.15) is 0 Å². The molecule has 0 aromatic carbocycles. The van der Waals surface area contributed by atoms with Gasteiger partial charge in [0.2, 0.25) is 0 Å². The lowest BCUT2D eigenvalue weighted by Crippen LogP contribution is -2.19. The number of allylic oxidation sites excluding steroid dienone is 2. The normalized spacial score (nSPS) is 32.6. The van der Waals surface area contributed by atoms with E-state index >= 15 is 0 Å². The highest BCUT2D eigenvalue weighted by molar-refractivity contribution is 9.09. The van der Waals surface area contributed by atoms with Crippen LogP contribution in [0.15, 0.2) is 12.2 Å². The van der Waals surface area contributed by atoms with E-state index < -0.39 is 0 Å². The van der Waals surface area contributed by atoms with Crippen molar-refractivity contribution in [1.82, 2.24) is 0 Å². The van der Waals surface area contributed by atoms with Gasteiger partial charge >= 0.3 is 0 Å². The van der Waals surface area contributed by atoms with Crippen LogP contribution in [-0.4, -0.2) is 10.7 Å². The predicted molar refractivity (Wildman–Crippen MR) is 52.9 cm³/mol. The van der Waals surface area contributed by atoms with Crippen LogP contribution in [0.2, 0.25) is 0 Å². The highest BCUT2D eigenvalue weighted by Gasteiger charge is 2.19. The number of hydrogen-bond donors (Lipinski definition) is 0. The number of rotatable bonds is 2. The number of alkyl halides is 2. The summed E-state index contributed by atoms with van der Waals surface area (Å²) in [6.07, 6.45) is 7.10. The van der Waals surface area contributed by atoms with Crippen LogP contribution in [0.3, 0.4) is 0 Å². The zero-order valence-corrected chi connectivity index (χ0v) is 9.07. The second-order valence-corrected chi connectivity index (χ2v) is 4.07. The summed E-state index contributed by atoms with van der Waals surface area (Å²) in [5.74, 6) is 1.70. The summed E-state index contributed by atoms with van der Waals surface area (Å²) >= 11 is 7.07. The molecule has 0 amide bonds. The van der Waals surface area contributed by atoms with Crippen molar-refractivity contribution >= 4 is 31.9 Å². The summed E-state index contributed by atoms with van der Waals surface area (Å²) in [6, 6.07) is 0. The van der Waals surface area contributed by atoms with E-state index in [0.717, 1.165) is 22.5 Å². The molecule has 0 radical (unpaired) electrons. The van der Waals surface area contributed by atoms with Crippen molar-refractivity contribution < 1.29 is 0 Å². The van der Waals surface area contributed by atoms with E-state index in [1.807, 2.05) is 0 Å². The van der Waals surface area contributed by atoms with E-state index in [-0.39, 0.29) is 0 Å². The molecule has 1 aliphatic carbocycles. The van der Waals surface area contributed by atoms with Crippen molar-refractivity contribution in [2.45, 2.75) is 12.8 Å². The van der Waals surface area contributed by atoms with Crippen molar-refractivity contribution in [1.29, 1.82) is 0 Å². The Kier molecular flexibility index (Phi) is 4.00. The predicted octanol–water partition coefficient (Wildman–Crippen LogP) is 3.36. The van der Waals surface area contributed by atoms with E-state index in [9.17, 15) is 0 Å². The lowest BCUT2D eigenvalue weighted by molar-refractivity contribution is 0.397. The standard InChI is InChI=1S/C8H12Br2/c9-5-7-3-1-2-4-8(7)6-10/h1-2,7-8H,3-6H2/t7-,8-/m0/s1. The second kappa shape index (κ2) is 4.55. The van der Waals surface area contributed by atoms with Crippen LogP contribution < -0.4 is 0 Å². The first-order valence-corrected chi connectivity index (χ1v) is 5.89. The molecule has 0 aromatic heterocycles. The van der Waals surface area contributed by atoms with Gasteiger partial charge in [0.05, 0.1) is 0 Å². The van der Waals surface area contributed by atoms with E-state index in [1.54, 1.807) is 0 Å². The summed E-state index contributed by atoms with van der Waals surface area (Å²) in [5.41, 5.74) is 0. The summed E-state index contributed by atoms with van der Waals surface area (Å²) in [5, 5.41) is 2.29. The first-order valence-electron chi connectivity index (χ1n) is 3.65. The van der Waals surface area contributed by atoms with Gasteiger partial charge in [-0.1, -0.05) is 44.0 Å². The first kappa shape index (κ1) is 8.79. The Morgan fingerprint density at radius 1 is 1.00 bits per heavy atom. The van der Waals surface area contributed by atoms with Crippen LogP contribution in [0.1, 0.15) is 12.8 Å². The lowest BCUT2D eigenvalue weighted by atomic mass is 9.86. The Morgan fingerprint density at radius 3 is 1.70 bits per heavy atom. The molecular weight excluding hydrogens is 256 g/mol. The zero-order valence-electron chi connectivity index (χ0n) is 5.89. The molecule has 0 saturated carbocycles. The zero-order chi connectivity index (χ0) is 7.40. The molecule has 0 aliphatic heterocycles. The van der Waals surface area contributed by atoms with Crippen molar-refractivity contribution in [2.24, 2.45) is 11.8 Å². The average molecular weight is 268 g/mol. The summed E-state index contributed by atoms with van der Waals surface area (Å²) in [4.78, 5) is 0. The van der Waals surface area contributed by atoms with Crippen molar-refractivity contribution in [2.75, 3.05) is 10.7 Å². The summed E-state index contributed by atoms with van der Waals surface area (Å²) in [6.45, 7) is 0. The molecule has 0 spiro atoms. The molecule has 0 aromatic rings. The van der Waals surface area contributed by atoms with Crippen LogP contribution in [0.4, 0.5) is 0 Å². The van der Waals surface area contributed by atoms with Gasteiger partial charge < -0.3 is 0 Å². The van der Waals surface area contributed by atoms with E-state index in [0.29, 0.717) is 0 Å². The van der Waals surface area contributed by atoms with E-state index in [4.69, 9.17) is 0 Å². The van der Waals surface area contributed by atoms with Crippen LogP contribution in [-0.2, 0) is 0 Å². The third-order valence-corrected chi connectivity index (χ3v) is 3.77. The maximum atomic E-state index is 3.54. The molecule has 0 fully saturated rings. The van der Waals surface area contributed by atoms with Gasteiger partial charge in [-0.15, -0.1) is 0 Å². The Morgan fingerprint density at radius 2 is 1.40 bits per heavy atom. The molecule has 0 unspecified atom stereocenters. The third kappa shape index (κ3) is 2.09. The molecule has 0 nitrogen and oxygen atoms in total. The van der Waals surface area contributed by atoms with Gasteiger partial charge in [0.25, 0.3) is 0 Å². The first-order chi connectivity index (χ1) is 4.88. The molecule has 1 rings (SSSR count). The van der Waals surface area contributed by atoms with Crippen LogP contribution in [0.25, 0.3) is 0 Å². The minimum absolute atomic E-state index is 0.851. The SMILES string of the molecule is BrC[C@@H]1CC=CC[C@H]1CBr. The Labute approximate surface area is 79.3 Å². The average Bonchev–Trinajstić information content (AvgIpc) is 2.04. The van der Waals surface area contributed by atoms with Crippen LogP contribution in [0.5, 0.6) is 0 Å². The topological polar surface area (TPSA) is 0 Å². The summed E-state index contributed by atoms with van der Waals surface area (Å²) < 4.78 is 0. The minimum atomic E-state index is 0.851. The maximum absolute atomic E-state index is 3.54. The molecule has 0 saturated heterocycles. The Hall–Kier alpha value is 0.700. The fraction of sp³-hybridized carbons (Fsp3) is 0.750. The highest BCUT2D eigenvalue weighted by Crippen LogP contribution is 2.28. The Bertz CT molecular complexity index is 106. The Balaban J connectivity index is 2.45. The largest absolute Gasteiger partial charge is 0.0925 e. The van der Waals surface area contributed by atoms with Crippen molar-refractivity contribution in [3.8, 4) is 0 Å². The van der Waals surface area contributed by atoms with Gasteiger partial charge in [0, 0.05) is 10.7 Å². The van der Waals surface area contributed by atoms with Gasteiger partial charge in [-0.05, 0) is 24.7 Å². The molecule has 2 heteroatoms. The number of hydrogen-bond acceptors (Lipinski definition) is 0. The highest BCUT2D eigenvalue weighted by atomic mass is 79.9. The number of halogens is 2. The lowest BCUT2D eigenvalue weighted by Gasteiger charge is -2.24. The third-order valence-electron chi connectivity index (χ3n) is 2.11. The van der Waals surface area contributed by atoms with Crippen molar-refractivity contribution in [3.05, 3.63) is 12.2 Å².